The average Bonchev–Trinajstić information content (AvgIpc) is 3.45. The number of nitrogens with zero attached hydrogens (tertiary/aromatic N) is 4. The van der Waals surface area contributed by atoms with E-state index in [0.717, 1.165) is 10.5 Å². The van der Waals surface area contributed by atoms with Crippen molar-refractivity contribution < 1.29 is 13.2 Å². The Morgan fingerprint density at radius 2 is 1.71 bits per heavy atom. The fourth-order valence-corrected chi connectivity index (χ4v) is 3.37. The summed E-state index contributed by atoms with van der Waals surface area (Å²) in [6, 6.07) is 15.8. The Bertz CT molecular complexity index is 1010. The summed E-state index contributed by atoms with van der Waals surface area (Å²) in [5.41, 5.74) is 2.90. The third-order valence-electron chi connectivity index (χ3n) is 4.95. The second-order valence-electron chi connectivity index (χ2n) is 8.12. The van der Waals surface area contributed by atoms with Gasteiger partial charge in [-0.15, -0.1) is 17.7 Å². The number of benzene rings is 2. The number of anilines is 1. The summed E-state index contributed by atoms with van der Waals surface area (Å²) in [4.78, 5) is 6.24. The van der Waals surface area contributed by atoms with Gasteiger partial charge in [0.05, 0.1) is 5.69 Å². The van der Waals surface area contributed by atoms with E-state index in [1.165, 1.54) is 23.1 Å². The minimum atomic E-state index is -4.57. The van der Waals surface area contributed by atoms with Crippen molar-refractivity contribution in [1.82, 2.24) is 14.8 Å². The van der Waals surface area contributed by atoms with Gasteiger partial charge in [-0.2, -0.15) is 22.8 Å². The first-order chi connectivity index (χ1) is 14.6. The number of halogens is 3. The third-order valence-corrected chi connectivity index (χ3v) is 5.25. The van der Waals surface area contributed by atoms with Crippen molar-refractivity contribution in [3.8, 4) is 5.69 Å². The highest BCUT2D eigenvalue weighted by Gasteiger charge is 2.38. The van der Waals surface area contributed by atoms with Gasteiger partial charge in [-0.05, 0) is 54.0 Å². The fraction of sp³-hybridized carbons (Fsp3) is 0.391. The quantitative estimate of drug-likeness (QED) is 0.474. The largest absolute Gasteiger partial charge is 0.453 e. The lowest BCUT2D eigenvalue weighted by atomic mass is 9.97. The molecule has 4 rings (SSSR count). The van der Waals surface area contributed by atoms with Gasteiger partial charge in [-0.1, -0.05) is 44.2 Å². The van der Waals surface area contributed by atoms with Gasteiger partial charge in [-0.3, -0.25) is 0 Å². The first kappa shape index (κ1) is 23.2. The smallest absolute Gasteiger partial charge is 0.347 e. The van der Waals surface area contributed by atoms with E-state index in [1.807, 2.05) is 56.3 Å². The molecule has 0 bridgehead atoms. The van der Waals surface area contributed by atoms with E-state index in [9.17, 15) is 13.2 Å². The zero-order valence-electron chi connectivity index (χ0n) is 18.1. The molecule has 3 aromatic rings. The lowest BCUT2D eigenvalue weighted by Gasteiger charge is -2.18. The molecule has 166 valence electrons. The van der Waals surface area contributed by atoms with Crippen LogP contribution < -0.4 is 4.90 Å². The summed E-state index contributed by atoms with van der Waals surface area (Å²) in [6.45, 7) is 4.07. The minimum Gasteiger partial charge on any atom is -0.347 e. The molecule has 1 aromatic heterocycles. The number of aromatic nitrogens is 3. The van der Waals surface area contributed by atoms with Gasteiger partial charge in [0.15, 0.2) is 0 Å². The Morgan fingerprint density at radius 1 is 1.06 bits per heavy atom. The highest BCUT2D eigenvalue weighted by atomic mass is 32.1. The van der Waals surface area contributed by atoms with Crippen LogP contribution in [-0.4, -0.2) is 28.9 Å². The minimum absolute atomic E-state index is 0.170. The molecule has 0 spiro atoms. The predicted octanol–water partition coefficient (Wildman–Crippen LogP) is 6.33. The van der Waals surface area contributed by atoms with Crippen molar-refractivity contribution in [3.63, 3.8) is 0 Å². The molecule has 0 amide bonds. The van der Waals surface area contributed by atoms with E-state index < -0.39 is 12.0 Å². The monoisotopic (exact) mass is 448 g/mol. The van der Waals surface area contributed by atoms with E-state index in [2.05, 4.69) is 28.8 Å². The summed E-state index contributed by atoms with van der Waals surface area (Å²) in [6.07, 6.45) is -2.20. The van der Waals surface area contributed by atoms with E-state index in [-0.39, 0.29) is 11.9 Å². The molecule has 4 nitrogen and oxygen atoms in total. The van der Waals surface area contributed by atoms with Crippen LogP contribution in [-0.2, 0) is 6.18 Å². The van der Waals surface area contributed by atoms with Crippen LogP contribution in [0.15, 0.2) is 53.4 Å². The Kier molecular flexibility index (Phi) is 6.99. The first-order valence-electron chi connectivity index (χ1n) is 10.2. The molecule has 1 aliphatic carbocycles. The van der Waals surface area contributed by atoms with Crippen molar-refractivity contribution in [2.45, 2.75) is 49.6 Å². The van der Waals surface area contributed by atoms with Crippen LogP contribution in [0.5, 0.6) is 0 Å². The van der Waals surface area contributed by atoms with Crippen molar-refractivity contribution in [2.75, 3.05) is 19.0 Å². The molecule has 0 aliphatic heterocycles. The van der Waals surface area contributed by atoms with Gasteiger partial charge in [0.1, 0.15) is 0 Å². The fourth-order valence-electron chi connectivity index (χ4n) is 3.20. The lowest BCUT2D eigenvalue weighted by molar-refractivity contribution is -0.144. The van der Waals surface area contributed by atoms with Gasteiger partial charge in [0.25, 0.3) is 5.82 Å². The number of thiol groups is 1. The van der Waals surface area contributed by atoms with Gasteiger partial charge in [0.2, 0.25) is 5.95 Å². The lowest BCUT2D eigenvalue weighted by Crippen LogP contribution is -2.16. The number of hydrogen-bond donors (Lipinski definition) is 1. The molecule has 31 heavy (non-hydrogen) atoms. The molecule has 1 aliphatic rings. The van der Waals surface area contributed by atoms with Crippen LogP contribution >= 0.6 is 12.6 Å². The molecular formula is C23H27F3N4S. The highest BCUT2D eigenvalue weighted by molar-refractivity contribution is 7.80. The molecule has 2 aromatic carbocycles. The Hall–Kier alpha value is -2.48. The number of rotatable bonds is 4. The van der Waals surface area contributed by atoms with Crippen LogP contribution in [0, 0.1) is 0 Å². The summed E-state index contributed by atoms with van der Waals surface area (Å²) in [5, 5.41) is 3.75. The van der Waals surface area contributed by atoms with E-state index >= 15 is 0 Å². The maximum absolute atomic E-state index is 13.0. The van der Waals surface area contributed by atoms with Gasteiger partial charge in [0, 0.05) is 19.0 Å². The molecule has 0 radical (unpaired) electrons. The van der Waals surface area contributed by atoms with Gasteiger partial charge in [-0.25, -0.2) is 0 Å². The van der Waals surface area contributed by atoms with Crippen molar-refractivity contribution in [2.24, 2.45) is 0 Å². The molecule has 1 fully saturated rings. The predicted molar refractivity (Wildman–Crippen MR) is 120 cm³/mol. The summed E-state index contributed by atoms with van der Waals surface area (Å²) >= 11 is 4.08. The zero-order chi connectivity index (χ0) is 22.8. The van der Waals surface area contributed by atoms with Crippen molar-refractivity contribution >= 4 is 18.6 Å². The Labute approximate surface area is 186 Å². The number of alkyl halides is 3. The van der Waals surface area contributed by atoms with Crippen LogP contribution in [0.2, 0.25) is 0 Å². The second kappa shape index (κ2) is 9.34. The number of hydrogen-bond acceptors (Lipinski definition) is 4. The van der Waals surface area contributed by atoms with E-state index in [4.69, 9.17) is 0 Å². The van der Waals surface area contributed by atoms with Gasteiger partial charge < -0.3 is 4.90 Å². The standard InChI is InChI=1S/C17H21F3N4.C6H6S/c1-10(2)13-9-12(11-5-6-11)7-8-14(13)24-16(23(3)4)21-15(22-24)17(18,19)20;7-6-4-2-1-3-5-6/h7-11H,5-6H2,1-4H3;1-5,7H. The van der Waals surface area contributed by atoms with E-state index in [1.54, 1.807) is 19.0 Å². The highest BCUT2D eigenvalue weighted by Crippen LogP contribution is 2.42. The third kappa shape index (κ3) is 5.81. The van der Waals surface area contributed by atoms with Crippen LogP contribution in [0.25, 0.3) is 5.69 Å². The van der Waals surface area contributed by atoms with Crippen LogP contribution in [0.3, 0.4) is 0 Å². The normalized spacial score (nSPS) is 13.7. The topological polar surface area (TPSA) is 34.0 Å². The second-order valence-corrected chi connectivity index (χ2v) is 8.64. The van der Waals surface area contributed by atoms with E-state index in [0.29, 0.717) is 11.6 Å². The maximum Gasteiger partial charge on any atom is 0.453 e. The molecule has 0 saturated heterocycles. The first-order valence-corrected chi connectivity index (χ1v) is 10.6. The zero-order valence-corrected chi connectivity index (χ0v) is 19.0. The van der Waals surface area contributed by atoms with Crippen molar-refractivity contribution in [3.05, 3.63) is 65.5 Å². The average molecular weight is 449 g/mol. The molecule has 0 unspecified atom stereocenters. The Morgan fingerprint density at radius 3 is 2.16 bits per heavy atom. The van der Waals surface area contributed by atoms with Crippen molar-refractivity contribution in [1.29, 1.82) is 0 Å². The molecule has 0 atom stereocenters. The molecular weight excluding hydrogens is 421 g/mol. The Balaban J connectivity index is 0.000000330. The molecule has 8 heteroatoms. The van der Waals surface area contributed by atoms with Gasteiger partial charge >= 0.3 is 6.18 Å². The molecule has 0 N–H and O–H groups in total. The van der Waals surface area contributed by atoms with Crippen LogP contribution in [0.4, 0.5) is 19.1 Å². The molecule has 1 saturated carbocycles. The SMILES string of the molecule is CC(C)c1cc(C2CC2)ccc1-n1nc(C(F)(F)F)nc1N(C)C.Sc1ccccc1. The summed E-state index contributed by atoms with van der Waals surface area (Å²) in [7, 11) is 3.32. The van der Waals surface area contributed by atoms with Crippen LogP contribution in [0.1, 0.15) is 55.5 Å². The summed E-state index contributed by atoms with van der Waals surface area (Å²) < 4.78 is 40.4. The molecule has 1 heterocycles. The summed E-state index contributed by atoms with van der Waals surface area (Å²) in [5.74, 6) is -0.186. The maximum atomic E-state index is 13.0.